The standard InChI is InChI=1S/C14H22N2O3S/c1-3-5-8-15-14(19-10-9-18-4-2)16-13(17)12-7-6-11-20-12/h6-7,11H,3-5,8-10H2,1-2H3,(H,15,16,17). The average molecular weight is 298 g/mol. The lowest BCUT2D eigenvalue weighted by Gasteiger charge is -2.10. The molecule has 0 radical (unpaired) electrons. The molecule has 1 rings (SSSR count). The summed E-state index contributed by atoms with van der Waals surface area (Å²) in [6.07, 6.45) is 2.02. The van der Waals surface area contributed by atoms with Gasteiger partial charge in [0.1, 0.15) is 6.61 Å². The zero-order chi connectivity index (χ0) is 14.6. The van der Waals surface area contributed by atoms with Gasteiger partial charge in [-0.15, -0.1) is 11.3 Å². The predicted molar refractivity (Wildman–Crippen MR) is 81.4 cm³/mol. The van der Waals surface area contributed by atoms with Crippen molar-refractivity contribution in [2.45, 2.75) is 26.7 Å². The number of hydrogen-bond acceptors (Lipinski definition) is 5. The molecule has 1 amide bonds. The van der Waals surface area contributed by atoms with Crippen molar-refractivity contribution >= 4 is 23.3 Å². The highest BCUT2D eigenvalue weighted by Gasteiger charge is 2.10. The number of amidine groups is 1. The van der Waals surface area contributed by atoms with Crippen molar-refractivity contribution < 1.29 is 14.3 Å². The molecule has 0 aliphatic heterocycles. The third-order valence-corrected chi connectivity index (χ3v) is 3.27. The molecule has 0 unspecified atom stereocenters. The van der Waals surface area contributed by atoms with Crippen LogP contribution in [0.15, 0.2) is 22.5 Å². The van der Waals surface area contributed by atoms with Crippen molar-refractivity contribution in [1.82, 2.24) is 5.32 Å². The number of nitrogens with zero attached hydrogens (tertiary/aromatic N) is 1. The van der Waals surface area contributed by atoms with Gasteiger partial charge in [-0.1, -0.05) is 19.4 Å². The first kappa shape index (κ1) is 16.7. The van der Waals surface area contributed by atoms with E-state index in [1.54, 1.807) is 6.07 Å². The number of amides is 1. The van der Waals surface area contributed by atoms with Crippen LogP contribution in [0.1, 0.15) is 36.4 Å². The van der Waals surface area contributed by atoms with Crippen LogP contribution in [-0.4, -0.2) is 38.3 Å². The van der Waals surface area contributed by atoms with Crippen molar-refractivity contribution in [3.05, 3.63) is 22.4 Å². The molecule has 0 atom stereocenters. The van der Waals surface area contributed by atoms with E-state index in [4.69, 9.17) is 9.47 Å². The van der Waals surface area contributed by atoms with Crippen LogP contribution in [0.3, 0.4) is 0 Å². The molecule has 1 aromatic heterocycles. The number of aliphatic imine (C=N–C) groups is 1. The molecule has 0 spiro atoms. The van der Waals surface area contributed by atoms with Crippen LogP contribution >= 0.6 is 11.3 Å². The van der Waals surface area contributed by atoms with Crippen LogP contribution < -0.4 is 5.32 Å². The molecular formula is C14H22N2O3S. The van der Waals surface area contributed by atoms with Gasteiger partial charge in [0.25, 0.3) is 11.9 Å². The van der Waals surface area contributed by atoms with Gasteiger partial charge < -0.3 is 9.47 Å². The molecular weight excluding hydrogens is 276 g/mol. The van der Waals surface area contributed by atoms with Crippen molar-refractivity contribution in [2.75, 3.05) is 26.4 Å². The Kier molecular flexibility index (Phi) is 8.66. The zero-order valence-corrected chi connectivity index (χ0v) is 12.9. The maximum Gasteiger partial charge on any atom is 0.291 e. The number of thiophene rings is 1. The number of rotatable bonds is 8. The Morgan fingerprint density at radius 2 is 2.25 bits per heavy atom. The second kappa shape index (κ2) is 10.4. The first-order valence-electron chi connectivity index (χ1n) is 6.87. The molecule has 0 aromatic carbocycles. The first-order chi connectivity index (χ1) is 9.77. The van der Waals surface area contributed by atoms with Crippen LogP contribution in [-0.2, 0) is 9.47 Å². The van der Waals surface area contributed by atoms with E-state index in [-0.39, 0.29) is 11.9 Å². The molecule has 112 valence electrons. The largest absolute Gasteiger partial charge is 0.463 e. The quantitative estimate of drug-likeness (QED) is 0.456. The van der Waals surface area contributed by atoms with Gasteiger partial charge >= 0.3 is 0 Å². The number of ether oxygens (including phenoxy) is 2. The van der Waals surface area contributed by atoms with Gasteiger partial charge in [-0.3, -0.25) is 10.1 Å². The van der Waals surface area contributed by atoms with Gasteiger partial charge in [0, 0.05) is 13.2 Å². The average Bonchev–Trinajstić information content (AvgIpc) is 2.97. The Bertz CT molecular complexity index is 405. The number of unbranched alkanes of at least 4 members (excludes halogenated alkanes) is 1. The Morgan fingerprint density at radius 3 is 2.90 bits per heavy atom. The molecule has 0 fully saturated rings. The smallest absolute Gasteiger partial charge is 0.291 e. The van der Waals surface area contributed by atoms with E-state index in [1.807, 2.05) is 18.4 Å². The highest BCUT2D eigenvalue weighted by molar-refractivity contribution is 7.12. The fraction of sp³-hybridized carbons (Fsp3) is 0.571. The monoisotopic (exact) mass is 298 g/mol. The summed E-state index contributed by atoms with van der Waals surface area (Å²) in [5, 5.41) is 4.56. The minimum Gasteiger partial charge on any atom is -0.463 e. The summed E-state index contributed by atoms with van der Waals surface area (Å²) in [7, 11) is 0. The van der Waals surface area contributed by atoms with E-state index >= 15 is 0 Å². The maximum atomic E-state index is 11.9. The second-order valence-corrected chi connectivity index (χ2v) is 4.96. The lowest BCUT2D eigenvalue weighted by Crippen LogP contribution is -2.33. The summed E-state index contributed by atoms with van der Waals surface area (Å²) < 4.78 is 10.7. The lowest BCUT2D eigenvalue weighted by atomic mass is 10.3. The van der Waals surface area contributed by atoms with Crippen LogP contribution in [0.25, 0.3) is 0 Å². The Balaban J connectivity index is 2.48. The van der Waals surface area contributed by atoms with E-state index in [0.717, 1.165) is 12.8 Å². The molecule has 1 heterocycles. The van der Waals surface area contributed by atoms with Crippen LogP contribution in [0.5, 0.6) is 0 Å². The predicted octanol–water partition coefficient (Wildman–Crippen LogP) is 2.69. The van der Waals surface area contributed by atoms with Crippen molar-refractivity contribution in [2.24, 2.45) is 4.99 Å². The van der Waals surface area contributed by atoms with E-state index in [2.05, 4.69) is 17.2 Å². The maximum absolute atomic E-state index is 11.9. The van der Waals surface area contributed by atoms with Gasteiger partial charge in [-0.25, -0.2) is 4.99 Å². The molecule has 0 aliphatic carbocycles. The fourth-order valence-electron chi connectivity index (χ4n) is 1.37. The van der Waals surface area contributed by atoms with Gasteiger partial charge in [0.05, 0.1) is 11.5 Å². The van der Waals surface area contributed by atoms with Gasteiger partial charge in [0.15, 0.2) is 0 Å². The van der Waals surface area contributed by atoms with Gasteiger partial charge in [-0.05, 0) is 24.8 Å². The van der Waals surface area contributed by atoms with Crippen LogP contribution in [0.2, 0.25) is 0 Å². The Morgan fingerprint density at radius 1 is 1.40 bits per heavy atom. The topological polar surface area (TPSA) is 59.9 Å². The molecule has 5 nitrogen and oxygen atoms in total. The summed E-state index contributed by atoms with van der Waals surface area (Å²) in [5.41, 5.74) is 0. The third-order valence-electron chi connectivity index (χ3n) is 2.40. The summed E-state index contributed by atoms with van der Waals surface area (Å²) in [4.78, 5) is 16.9. The van der Waals surface area contributed by atoms with Crippen LogP contribution in [0, 0.1) is 0 Å². The molecule has 0 saturated heterocycles. The summed E-state index contributed by atoms with van der Waals surface area (Å²) in [5.74, 6) is -0.188. The number of carbonyl (C=O) groups excluding carboxylic acids is 1. The minimum atomic E-state index is -0.188. The lowest BCUT2D eigenvalue weighted by molar-refractivity contribution is 0.0925. The van der Waals surface area contributed by atoms with Crippen LogP contribution in [0.4, 0.5) is 0 Å². The second-order valence-electron chi connectivity index (χ2n) is 4.02. The molecule has 0 saturated carbocycles. The first-order valence-corrected chi connectivity index (χ1v) is 7.75. The van der Waals surface area contributed by atoms with Crippen molar-refractivity contribution in [3.63, 3.8) is 0 Å². The molecule has 20 heavy (non-hydrogen) atoms. The van der Waals surface area contributed by atoms with Gasteiger partial charge in [0.2, 0.25) is 0 Å². The van der Waals surface area contributed by atoms with E-state index in [0.29, 0.717) is 31.2 Å². The molecule has 6 heteroatoms. The molecule has 1 N–H and O–H groups in total. The fourth-order valence-corrected chi connectivity index (χ4v) is 1.99. The van der Waals surface area contributed by atoms with Crippen molar-refractivity contribution in [3.8, 4) is 0 Å². The summed E-state index contributed by atoms with van der Waals surface area (Å²) in [6.45, 7) is 6.17. The Labute approximate surface area is 124 Å². The molecule has 1 aromatic rings. The highest BCUT2D eigenvalue weighted by atomic mass is 32.1. The zero-order valence-electron chi connectivity index (χ0n) is 12.1. The minimum absolute atomic E-state index is 0.188. The molecule has 0 aliphatic rings. The summed E-state index contributed by atoms with van der Waals surface area (Å²) >= 11 is 1.39. The Hall–Kier alpha value is -1.40. The van der Waals surface area contributed by atoms with E-state index in [1.165, 1.54) is 11.3 Å². The van der Waals surface area contributed by atoms with Crippen molar-refractivity contribution in [1.29, 1.82) is 0 Å². The number of carbonyl (C=O) groups is 1. The van der Waals surface area contributed by atoms with Gasteiger partial charge in [-0.2, -0.15) is 0 Å². The number of hydrogen-bond donors (Lipinski definition) is 1. The van der Waals surface area contributed by atoms with E-state index in [9.17, 15) is 4.79 Å². The summed E-state index contributed by atoms with van der Waals surface area (Å²) in [6, 6.07) is 3.88. The third kappa shape index (κ3) is 6.68. The highest BCUT2D eigenvalue weighted by Crippen LogP contribution is 2.07. The SMILES string of the molecule is CCCCN=C(NC(=O)c1cccs1)OCCOCC. The van der Waals surface area contributed by atoms with E-state index < -0.39 is 0 Å². The number of nitrogens with one attached hydrogen (secondary N) is 1. The molecule has 0 bridgehead atoms. The normalized spacial score (nSPS) is 11.4.